The van der Waals surface area contributed by atoms with Gasteiger partial charge in [0.25, 0.3) is 0 Å². The maximum Gasteiger partial charge on any atom is 0.324 e. The second-order valence-corrected chi connectivity index (χ2v) is 5.64. The highest BCUT2D eigenvalue weighted by Gasteiger charge is 2.18. The highest BCUT2D eigenvalue weighted by atomic mass is 31.1. The number of hydrogen-bond acceptors (Lipinski definition) is 3. The number of anilines is 2. The highest BCUT2D eigenvalue weighted by Crippen LogP contribution is 2.35. The number of hydrogen-bond donors (Lipinski definition) is 2. The molecule has 4 N–H and O–H groups in total. The summed E-state index contributed by atoms with van der Waals surface area (Å²) >= 11 is 0. The fourth-order valence-electron chi connectivity index (χ4n) is 2.51. The van der Waals surface area contributed by atoms with Crippen LogP contribution in [0.25, 0.3) is 0 Å². The summed E-state index contributed by atoms with van der Waals surface area (Å²) in [5, 5.41) is 0. The molecule has 1 atom stereocenters. The molecule has 0 radical (unpaired) electrons. The van der Waals surface area contributed by atoms with Gasteiger partial charge in [0, 0.05) is 17.3 Å². The van der Waals surface area contributed by atoms with Crippen molar-refractivity contribution in [2.75, 3.05) is 17.6 Å². The standard InChI is InChI=1S/C16H19N2OP/c17-15-9-3-1-6-13(15)12(8-5-11-20-19)14-7-2-4-10-16(14)18/h1-4,6-7,9-10,12H,5,8,11,17-18H2/p+1. The number of rotatable bonds is 6. The van der Waals surface area contributed by atoms with E-state index in [1.807, 2.05) is 48.5 Å². The monoisotopic (exact) mass is 287 g/mol. The van der Waals surface area contributed by atoms with E-state index < -0.39 is 0 Å². The Labute approximate surface area is 121 Å². The Kier molecular flexibility index (Phi) is 5.14. The van der Waals surface area contributed by atoms with E-state index in [-0.39, 0.29) is 14.4 Å². The Balaban J connectivity index is 2.37. The lowest BCUT2D eigenvalue weighted by molar-refractivity contribution is 0.594. The molecule has 104 valence electrons. The van der Waals surface area contributed by atoms with Crippen molar-refractivity contribution in [1.82, 2.24) is 0 Å². The minimum Gasteiger partial charge on any atom is -0.398 e. The van der Waals surface area contributed by atoms with Crippen LogP contribution in [0, 0.1) is 0 Å². The Morgan fingerprint density at radius 1 is 0.900 bits per heavy atom. The van der Waals surface area contributed by atoms with Crippen molar-refractivity contribution < 1.29 is 4.57 Å². The molecule has 0 heterocycles. The number of benzene rings is 2. The first-order chi connectivity index (χ1) is 9.74. The minimum absolute atomic E-state index is 0.161. The van der Waals surface area contributed by atoms with E-state index in [0.29, 0.717) is 0 Å². The van der Waals surface area contributed by atoms with Crippen LogP contribution in [0.4, 0.5) is 11.4 Å². The van der Waals surface area contributed by atoms with Gasteiger partial charge in [0.05, 0.1) is 0 Å². The predicted octanol–water partition coefficient (Wildman–Crippen LogP) is 3.79. The molecule has 0 saturated heterocycles. The van der Waals surface area contributed by atoms with Gasteiger partial charge in [-0.05, 0) is 36.1 Å². The maximum atomic E-state index is 10.7. The molecular weight excluding hydrogens is 267 g/mol. The molecule has 0 aromatic heterocycles. The molecule has 2 rings (SSSR count). The summed E-state index contributed by atoms with van der Waals surface area (Å²) in [6, 6.07) is 15.8. The smallest absolute Gasteiger partial charge is 0.324 e. The normalized spacial score (nSPS) is 11.1. The van der Waals surface area contributed by atoms with Gasteiger partial charge in [-0.3, -0.25) is 0 Å². The van der Waals surface area contributed by atoms with Crippen LogP contribution in [0.5, 0.6) is 0 Å². The average molecular weight is 287 g/mol. The molecule has 0 bridgehead atoms. The van der Waals surface area contributed by atoms with Crippen LogP contribution in [0.3, 0.4) is 0 Å². The molecule has 20 heavy (non-hydrogen) atoms. The van der Waals surface area contributed by atoms with E-state index in [1.54, 1.807) is 0 Å². The van der Waals surface area contributed by atoms with Gasteiger partial charge in [0.1, 0.15) is 6.16 Å². The van der Waals surface area contributed by atoms with Crippen LogP contribution >= 0.6 is 8.46 Å². The molecule has 3 nitrogen and oxygen atoms in total. The van der Waals surface area contributed by atoms with Gasteiger partial charge in [-0.1, -0.05) is 41.0 Å². The van der Waals surface area contributed by atoms with Gasteiger partial charge >= 0.3 is 8.46 Å². The van der Waals surface area contributed by atoms with Crippen LogP contribution in [-0.4, -0.2) is 6.16 Å². The summed E-state index contributed by atoms with van der Waals surface area (Å²) in [6.45, 7) is 0. The third kappa shape index (κ3) is 3.37. The topological polar surface area (TPSA) is 69.1 Å². The zero-order valence-corrected chi connectivity index (χ0v) is 12.4. The van der Waals surface area contributed by atoms with E-state index in [0.717, 1.165) is 41.5 Å². The van der Waals surface area contributed by atoms with Crippen molar-refractivity contribution in [2.24, 2.45) is 0 Å². The molecule has 2 aromatic rings. The van der Waals surface area contributed by atoms with Gasteiger partial charge in [-0.25, -0.2) is 0 Å². The summed E-state index contributed by atoms with van der Waals surface area (Å²) < 4.78 is 10.7. The van der Waals surface area contributed by atoms with E-state index in [2.05, 4.69) is 0 Å². The minimum atomic E-state index is -0.245. The third-order valence-corrected chi connectivity index (χ3v) is 4.07. The van der Waals surface area contributed by atoms with E-state index in [1.165, 1.54) is 0 Å². The van der Waals surface area contributed by atoms with Crippen LogP contribution in [-0.2, 0) is 4.57 Å². The van der Waals surface area contributed by atoms with Crippen molar-refractivity contribution in [3.63, 3.8) is 0 Å². The van der Waals surface area contributed by atoms with Gasteiger partial charge in [-0.15, -0.1) is 0 Å². The Bertz CT molecular complexity index is 541. The summed E-state index contributed by atoms with van der Waals surface area (Å²) in [4.78, 5) is 0. The van der Waals surface area contributed by atoms with Gasteiger partial charge < -0.3 is 11.5 Å². The molecule has 2 aromatic carbocycles. The van der Waals surface area contributed by atoms with E-state index in [4.69, 9.17) is 11.5 Å². The predicted molar refractivity (Wildman–Crippen MR) is 86.7 cm³/mol. The SMILES string of the molecule is Nc1ccccc1C(CCC[PH+]=O)c1ccccc1N. The second kappa shape index (κ2) is 7.06. The zero-order chi connectivity index (χ0) is 14.4. The Hall–Kier alpha value is -1.86. The van der Waals surface area contributed by atoms with Gasteiger partial charge in [-0.2, -0.15) is 0 Å². The van der Waals surface area contributed by atoms with Crippen LogP contribution < -0.4 is 11.5 Å². The van der Waals surface area contributed by atoms with Crippen molar-refractivity contribution in [2.45, 2.75) is 18.8 Å². The summed E-state index contributed by atoms with van der Waals surface area (Å²) in [7, 11) is -0.245. The molecule has 0 saturated carbocycles. The first kappa shape index (κ1) is 14.5. The first-order valence-electron chi connectivity index (χ1n) is 6.78. The number of nitrogen functional groups attached to an aromatic ring is 2. The highest BCUT2D eigenvalue weighted by molar-refractivity contribution is 7.23. The fraction of sp³-hybridized carbons (Fsp3) is 0.250. The second-order valence-electron chi connectivity index (χ2n) is 4.85. The molecule has 0 aliphatic carbocycles. The van der Waals surface area contributed by atoms with E-state index in [9.17, 15) is 4.57 Å². The molecule has 0 fully saturated rings. The Morgan fingerprint density at radius 3 is 1.85 bits per heavy atom. The number of para-hydroxylation sites is 2. The van der Waals surface area contributed by atoms with Gasteiger partial charge in [0.15, 0.2) is 0 Å². The molecule has 4 heteroatoms. The summed E-state index contributed by atoms with van der Waals surface area (Å²) in [5.74, 6) is 0.161. The largest absolute Gasteiger partial charge is 0.398 e. The van der Waals surface area contributed by atoms with Gasteiger partial charge in [0.2, 0.25) is 0 Å². The lowest BCUT2D eigenvalue weighted by atomic mass is 9.86. The molecule has 1 unspecified atom stereocenters. The quantitative estimate of drug-likeness (QED) is 0.482. The van der Waals surface area contributed by atoms with Crippen molar-refractivity contribution in [3.05, 3.63) is 59.7 Å². The van der Waals surface area contributed by atoms with Crippen LogP contribution in [0.1, 0.15) is 29.9 Å². The molecule has 0 aliphatic rings. The third-order valence-electron chi connectivity index (χ3n) is 3.51. The van der Waals surface area contributed by atoms with E-state index >= 15 is 0 Å². The summed E-state index contributed by atoms with van der Waals surface area (Å²) in [6.07, 6.45) is 2.52. The lowest BCUT2D eigenvalue weighted by Gasteiger charge is -2.20. The molecular formula is C16H20N2OP+. The van der Waals surface area contributed by atoms with Crippen LogP contribution in [0.2, 0.25) is 0 Å². The fourth-order valence-corrected chi connectivity index (χ4v) is 2.86. The van der Waals surface area contributed by atoms with Crippen LogP contribution in [0.15, 0.2) is 48.5 Å². The zero-order valence-electron chi connectivity index (χ0n) is 11.4. The lowest BCUT2D eigenvalue weighted by Crippen LogP contribution is -2.07. The molecule has 0 spiro atoms. The molecule has 0 aliphatic heterocycles. The molecule has 0 amide bonds. The number of nitrogens with two attached hydrogens (primary N) is 2. The first-order valence-corrected chi connectivity index (χ1v) is 7.89. The van der Waals surface area contributed by atoms with Crippen molar-refractivity contribution >= 4 is 19.8 Å². The Morgan fingerprint density at radius 2 is 1.40 bits per heavy atom. The maximum absolute atomic E-state index is 10.7. The van der Waals surface area contributed by atoms with Crippen molar-refractivity contribution in [1.29, 1.82) is 0 Å². The van der Waals surface area contributed by atoms with Crippen molar-refractivity contribution in [3.8, 4) is 0 Å². The average Bonchev–Trinajstić information content (AvgIpc) is 2.46. The summed E-state index contributed by atoms with van der Waals surface area (Å²) in [5.41, 5.74) is 16.0.